The molecule has 0 spiro atoms. The minimum atomic E-state index is -0.161. The molecular formula is C23H24ClN5O3S. The Balaban J connectivity index is 1.35. The third-order valence-electron chi connectivity index (χ3n) is 4.99. The highest BCUT2D eigenvalue weighted by molar-refractivity contribution is 7.99. The van der Waals surface area contributed by atoms with Crippen molar-refractivity contribution in [2.24, 2.45) is 0 Å². The quantitative estimate of drug-likeness (QED) is 0.455. The SMILES string of the molecule is CN(C)C(=O)c1ccc(NC(=O)CSc2nnc(COc3ccccc3Cl)n2C2CC2)cc1. The molecule has 1 heterocycles. The summed E-state index contributed by atoms with van der Waals surface area (Å²) in [6, 6.07) is 14.4. The van der Waals surface area contributed by atoms with Gasteiger partial charge in [-0.15, -0.1) is 10.2 Å². The maximum absolute atomic E-state index is 12.5. The molecule has 10 heteroatoms. The van der Waals surface area contributed by atoms with Gasteiger partial charge in [-0.2, -0.15) is 0 Å². The van der Waals surface area contributed by atoms with Gasteiger partial charge in [-0.25, -0.2) is 0 Å². The monoisotopic (exact) mass is 485 g/mol. The van der Waals surface area contributed by atoms with Crippen molar-refractivity contribution in [3.8, 4) is 5.75 Å². The first-order chi connectivity index (χ1) is 15.9. The number of anilines is 1. The van der Waals surface area contributed by atoms with Crippen molar-refractivity contribution >= 4 is 40.9 Å². The number of benzene rings is 2. The van der Waals surface area contributed by atoms with Gasteiger partial charge >= 0.3 is 0 Å². The third kappa shape index (κ3) is 5.85. The van der Waals surface area contributed by atoms with Gasteiger partial charge in [-0.1, -0.05) is 35.5 Å². The number of hydrogen-bond donors (Lipinski definition) is 1. The van der Waals surface area contributed by atoms with Crippen LogP contribution in [-0.4, -0.2) is 51.3 Å². The fourth-order valence-electron chi connectivity index (χ4n) is 3.19. The lowest BCUT2D eigenvalue weighted by Crippen LogP contribution is -2.21. The molecule has 1 aliphatic rings. The van der Waals surface area contributed by atoms with Gasteiger partial charge in [0.25, 0.3) is 5.91 Å². The molecule has 1 aliphatic carbocycles. The number of halogens is 1. The highest BCUT2D eigenvalue weighted by Gasteiger charge is 2.30. The molecule has 0 bridgehead atoms. The Labute approximate surface area is 201 Å². The van der Waals surface area contributed by atoms with E-state index in [1.165, 1.54) is 16.7 Å². The van der Waals surface area contributed by atoms with Crippen molar-refractivity contribution in [1.82, 2.24) is 19.7 Å². The van der Waals surface area contributed by atoms with Gasteiger partial charge in [-0.3, -0.25) is 14.2 Å². The molecule has 0 atom stereocenters. The largest absolute Gasteiger partial charge is 0.484 e. The van der Waals surface area contributed by atoms with Gasteiger partial charge < -0.3 is 15.0 Å². The summed E-state index contributed by atoms with van der Waals surface area (Å²) in [5, 5.41) is 12.6. The minimum Gasteiger partial charge on any atom is -0.484 e. The first-order valence-electron chi connectivity index (χ1n) is 10.5. The highest BCUT2D eigenvalue weighted by Crippen LogP contribution is 2.39. The van der Waals surface area contributed by atoms with Crippen LogP contribution in [0.2, 0.25) is 5.02 Å². The number of para-hydroxylation sites is 1. The molecule has 1 aromatic heterocycles. The molecule has 3 aromatic rings. The van der Waals surface area contributed by atoms with E-state index in [4.69, 9.17) is 16.3 Å². The molecule has 8 nitrogen and oxygen atoms in total. The molecule has 0 unspecified atom stereocenters. The summed E-state index contributed by atoms with van der Waals surface area (Å²) in [5.74, 6) is 1.25. The molecule has 1 saturated carbocycles. The van der Waals surface area contributed by atoms with Crippen LogP contribution in [0.1, 0.15) is 35.1 Å². The van der Waals surface area contributed by atoms with Crippen molar-refractivity contribution < 1.29 is 14.3 Å². The molecule has 4 rings (SSSR count). The summed E-state index contributed by atoms with van der Waals surface area (Å²) in [5.41, 5.74) is 1.20. The maximum Gasteiger partial charge on any atom is 0.253 e. The summed E-state index contributed by atoms with van der Waals surface area (Å²) < 4.78 is 7.88. The number of nitrogens with zero attached hydrogens (tertiary/aromatic N) is 4. The summed E-state index contributed by atoms with van der Waals surface area (Å²) in [7, 11) is 3.40. The second kappa shape index (κ2) is 10.3. The second-order valence-corrected chi connectivity index (χ2v) is 9.18. The van der Waals surface area contributed by atoms with E-state index in [1.54, 1.807) is 44.4 Å². The Bertz CT molecular complexity index is 1150. The van der Waals surface area contributed by atoms with E-state index in [9.17, 15) is 9.59 Å². The van der Waals surface area contributed by atoms with E-state index in [0.717, 1.165) is 12.8 Å². The van der Waals surface area contributed by atoms with E-state index < -0.39 is 0 Å². The molecule has 33 heavy (non-hydrogen) atoms. The lowest BCUT2D eigenvalue weighted by Gasteiger charge is -2.11. The minimum absolute atomic E-state index is 0.0860. The number of aromatic nitrogens is 3. The highest BCUT2D eigenvalue weighted by atomic mass is 35.5. The molecule has 0 aliphatic heterocycles. The normalized spacial score (nSPS) is 12.9. The van der Waals surface area contributed by atoms with Crippen LogP contribution in [0.15, 0.2) is 53.7 Å². The van der Waals surface area contributed by atoms with Crippen LogP contribution in [-0.2, 0) is 11.4 Å². The molecule has 1 fully saturated rings. The van der Waals surface area contributed by atoms with Gasteiger partial charge in [0, 0.05) is 31.4 Å². The van der Waals surface area contributed by atoms with Crippen molar-refractivity contribution in [2.45, 2.75) is 30.6 Å². The average Bonchev–Trinajstić information content (AvgIpc) is 3.57. The van der Waals surface area contributed by atoms with Gasteiger partial charge in [-0.05, 0) is 49.2 Å². The number of rotatable bonds is 9. The molecule has 172 valence electrons. The van der Waals surface area contributed by atoms with Crippen LogP contribution in [0.5, 0.6) is 5.75 Å². The van der Waals surface area contributed by atoms with E-state index in [-0.39, 0.29) is 24.2 Å². The summed E-state index contributed by atoms with van der Waals surface area (Å²) in [6.07, 6.45) is 2.10. The first kappa shape index (κ1) is 23.1. The van der Waals surface area contributed by atoms with E-state index in [0.29, 0.717) is 39.0 Å². The zero-order chi connectivity index (χ0) is 23.4. The molecule has 0 radical (unpaired) electrons. The van der Waals surface area contributed by atoms with Crippen molar-refractivity contribution in [3.63, 3.8) is 0 Å². The van der Waals surface area contributed by atoms with Gasteiger partial charge in [0.2, 0.25) is 5.91 Å². The zero-order valence-corrected chi connectivity index (χ0v) is 19.9. The summed E-state index contributed by atoms with van der Waals surface area (Å²) in [4.78, 5) is 25.9. The Morgan fingerprint density at radius 2 is 1.88 bits per heavy atom. The third-order valence-corrected chi connectivity index (χ3v) is 6.25. The Morgan fingerprint density at radius 1 is 1.15 bits per heavy atom. The number of amides is 2. The maximum atomic E-state index is 12.5. The molecule has 2 amide bonds. The van der Waals surface area contributed by atoms with Crippen LogP contribution in [0.25, 0.3) is 0 Å². The fourth-order valence-corrected chi connectivity index (χ4v) is 4.20. The Hall–Kier alpha value is -3.04. The van der Waals surface area contributed by atoms with Crippen LogP contribution >= 0.6 is 23.4 Å². The number of thioether (sulfide) groups is 1. The van der Waals surface area contributed by atoms with Crippen LogP contribution in [0.3, 0.4) is 0 Å². The Kier molecular flexibility index (Phi) is 7.20. The lowest BCUT2D eigenvalue weighted by atomic mass is 10.2. The van der Waals surface area contributed by atoms with Gasteiger partial charge in [0.1, 0.15) is 12.4 Å². The molecule has 0 saturated heterocycles. The number of carbonyl (C=O) groups is 2. The fraction of sp³-hybridized carbons (Fsp3) is 0.304. The lowest BCUT2D eigenvalue weighted by molar-refractivity contribution is -0.113. The van der Waals surface area contributed by atoms with Crippen molar-refractivity contribution in [2.75, 3.05) is 25.2 Å². The predicted octanol–water partition coefficient (Wildman–Crippen LogP) is 4.28. The first-order valence-corrected chi connectivity index (χ1v) is 11.8. The van der Waals surface area contributed by atoms with E-state index in [2.05, 4.69) is 20.1 Å². The van der Waals surface area contributed by atoms with E-state index >= 15 is 0 Å². The number of carbonyl (C=O) groups excluding carboxylic acids is 2. The summed E-state index contributed by atoms with van der Waals surface area (Å²) in [6.45, 7) is 0.248. The van der Waals surface area contributed by atoms with Crippen LogP contribution in [0, 0.1) is 0 Å². The molecular weight excluding hydrogens is 462 g/mol. The zero-order valence-electron chi connectivity index (χ0n) is 18.3. The van der Waals surface area contributed by atoms with Gasteiger partial charge in [0.15, 0.2) is 11.0 Å². The van der Waals surface area contributed by atoms with E-state index in [1.807, 2.05) is 18.2 Å². The van der Waals surface area contributed by atoms with Crippen molar-refractivity contribution in [1.29, 1.82) is 0 Å². The average molecular weight is 486 g/mol. The predicted molar refractivity (Wildman–Crippen MR) is 128 cm³/mol. The number of ether oxygens (including phenoxy) is 1. The molecule has 1 N–H and O–H groups in total. The van der Waals surface area contributed by atoms with Gasteiger partial charge in [0.05, 0.1) is 10.8 Å². The van der Waals surface area contributed by atoms with Crippen LogP contribution in [0.4, 0.5) is 5.69 Å². The van der Waals surface area contributed by atoms with Crippen molar-refractivity contribution in [3.05, 3.63) is 64.9 Å². The smallest absolute Gasteiger partial charge is 0.253 e. The van der Waals surface area contributed by atoms with Crippen LogP contribution < -0.4 is 10.1 Å². The summed E-state index contributed by atoms with van der Waals surface area (Å²) >= 11 is 7.50. The topological polar surface area (TPSA) is 89.3 Å². The molecule has 2 aromatic carbocycles. The second-order valence-electron chi connectivity index (χ2n) is 7.83. The number of nitrogens with one attached hydrogen (secondary N) is 1. The standard InChI is InChI=1S/C23H24ClN5O3S/c1-28(2)22(31)15-7-9-16(10-8-15)25-21(30)14-33-23-27-26-20(29(23)17-11-12-17)13-32-19-6-4-3-5-18(19)24/h3-10,17H,11-14H2,1-2H3,(H,25,30). The number of hydrogen-bond acceptors (Lipinski definition) is 6. The Morgan fingerprint density at radius 3 is 2.55 bits per heavy atom.